The number of esters is 1. The third-order valence-corrected chi connectivity index (χ3v) is 12.9. The fourth-order valence-electron chi connectivity index (χ4n) is 9.73. The zero-order chi connectivity index (χ0) is 32.8. The van der Waals surface area contributed by atoms with Crippen molar-refractivity contribution in [1.82, 2.24) is 0 Å². The lowest BCUT2D eigenvalue weighted by molar-refractivity contribution is -0.276. The Hall–Kier alpha value is -2.41. The van der Waals surface area contributed by atoms with Crippen LogP contribution < -0.4 is 0 Å². The smallest absolute Gasteiger partial charge is 0.432 e. The van der Waals surface area contributed by atoms with Crippen LogP contribution in [0.1, 0.15) is 91.5 Å². The Bertz CT molecular complexity index is 1300. The number of fused-ring (bicyclic) bond motifs is 5. The molecule has 0 amide bonds. The van der Waals surface area contributed by atoms with Crippen molar-refractivity contribution in [2.45, 2.75) is 97.8 Å². The molecule has 4 aliphatic rings. The average molecular weight is 629 g/mol. The van der Waals surface area contributed by atoms with Crippen LogP contribution >= 0.6 is 0 Å². The number of ether oxygens (including phenoxy) is 2. The monoisotopic (exact) mass is 628 g/mol. The second kappa shape index (κ2) is 12.7. The summed E-state index contributed by atoms with van der Waals surface area (Å²) in [6.45, 7) is 11.0. The molecule has 1 aromatic rings. The van der Waals surface area contributed by atoms with Gasteiger partial charge in [-0.1, -0.05) is 88.8 Å². The number of allylic oxidation sites excluding steroid dienone is 4. The van der Waals surface area contributed by atoms with Crippen LogP contribution in [-0.2, 0) is 24.7 Å². The minimum atomic E-state index is -4.98. The number of hydrogen-bond acceptors (Lipinski definition) is 4. The minimum absolute atomic E-state index is 0.00694. The Balaban J connectivity index is 1.22. The number of rotatable bonds is 9. The minimum Gasteiger partial charge on any atom is -0.463 e. The lowest BCUT2D eigenvalue weighted by Crippen LogP contribution is -2.52. The van der Waals surface area contributed by atoms with E-state index in [2.05, 4.69) is 39.0 Å². The number of benzene rings is 1. The number of Topliss-reactive ketones (excluding diaryl/α,β-unsaturated/α-hetero) is 1. The van der Waals surface area contributed by atoms with E-state index in [4.69, 9.17) is 9.47 Å². The first kappa shape index (κ1) is 33.9. The molecule has 3 fully saturated rings. The van der Waals surface area contributed by atoms with Gasteiger partial charge in [-0.15, -0.1) is 0 Å². The first-order valence-electron chi connectivity index (χ1n) is 16.9. The Morgan fingerprint density at radius 3 is 2.36 bits per heavy atom. The molecule has 1 aromatic carbocycles. The molecule has 0 radical (unpaired) electrons. The highest BCUT2D eigenvalue weighted by atomic mass is 19.4. The molecule has 3 saturated carbocycles. The van der Waals surface area contributed by atoms with Crippen molar-refractivity contribution in [3.63, 3.8) is 0 Å². The molecule has 0 bridgehead atoms. The number of carbonyl (C=O) groups excluding carboxylic acids is 2. The summed E-state index contributed by atoms with van der Waals surface area (Å²) in [6.07, 6.45) is 10.4. The summed E-state index contributed by atoms with van der Waals surface area (Å²) in [5, 5.41) is 0. The highest BCUT2D eigenvalue weighted by Gasteiger charge is 2.64. The van der Waals surface area contributed by atoms with E-state index in [0.717, 1.165) is 32.8 Å². The van der Waals surface area contributed by atoms with Crippen LogP contribution in [-0.4, -0.2) is 31.6 Å². The molecule has 0 spiro atoms. The number of carbonyl (C=O) groups is 2. The van der Waals surface area contributed by atoms with Gasteiger partial charge in [-0.3, -0.25) is 4.79 Å². The maximum absolute atomic E-state index is 14.2. The summed E-state index contributed by atoms with van der Waals surface area (Å²) in [6, 6.07) is 6.94. The summed E-state index contributed by atoms with van der Waals surface area (Å²) < 4.78 is 52.9. The lowest BCUT2D eigenvalue weighted by Gasteiger charge is -2.57. The largest absolute Gasteiger partial charge is 0.463 e. The van der Waals surface area contributed by atoms with Crippen molar-refractivity contribution in [2.24, 2.45) is 52.3 Å². The SMILES string of the molecule is CO[C@@](C(=O)OC[C@@H](C)[C@@H](C)/C=C/[C@@H](C)[C@H]1CC[C@H]2C3=CC[C@H]4CC(=O)CC[C@]4(C)[C@H]3CC[C@]12C)(c1ccccc1)C(F)(F)F. The van der Waals surface area contributed by atoms with Crippen LogP contribution in [0.5, 0.6) is 0 Å². The third-order valence-electron chi connectivity index (χ3n) is 12.9. The van der Waals surface area contributed by atoms with Crippen LogP contribution in [0.25, 0.3) is 0 Å². The lowest BCUT2D eigenvalue weighted by atomic mass is 9.48. The predicted molar refractivity (Wildman–Crippen MR) is 169 cm³/mol. The molecule has 4 nitrogen and oxygen atoms in total. The van der Waals surface area contributed by atoms with E-state index in [9.17, 15) is 22.8 Å². The summed E-state index contributed by atoms with van der Waals surface area (Å²) in [7, 11) is 0.887. The van der Waals surface area contributed by atoms with Crippen LogP contribution in [0.3, 0.4) is 0 Å². The summed E-state index contributed by atoms with van der Waals surface area (Å²) in [5.74, 6) is 1.43. The molecular formula is C38H51F3O4. The fourth-order valence-corrected chi connectivity index (χ4v) is 9.73. The molecule has 0 heterocycles. The van der Waals surface area contributed by atoms with E-state index in [-0.39, 0.29) is 34.8 Å². The molecule has 10 atom stereocenters. The predicted octanol–water partition coefficient (Wildman–Crippen LogP) is 9.25. The average Bonchev–Trinajstić information content (AvgIpc) is 3.36. The molecule has 0 aromatic heterocycles. The van der Waals surface area contributed by atoms with Crippen molar-refractivity contribution < 1.29 is 32.2 Å². The third kappa shape index (κ3) is 5.85. The maximum Gasteiger partial charge on any atom is 0.432 e. The van der Waals surface area contributed by atoms with Gasteiger partial charge in [0, 0.05) is 25.5 Å². The Morgan fingerprint density at radius 2 is 1.69 bits per heavy atom. The molecule has 7 heteroatoms. The van der Waals surface area contributed by atoms with E-state index in [1.165, 1.54) is 49.9 Å². The maximum atomic E-state index is 14.2. The fraction of sp³-hybridized carbons (Fsp3) is 0.684. The van der Waals surface area contributed by atoms with Gasteiger partial charge in [0.15, 0.2) is 0 Å². The molecular weight excluding hydrogens is 577 g/mol. The molecule has 4 aliphatic carbocycles. The molecule has 45 heavy (non-hydrogen) atoms. The second-order valence-corrected chi connectivity index (χ2v) is 15.1. The Labute approximate surface area is 267 Å². The van der Waals surface area contributed by atoms with E-state index < -0.39 is 17.7 Å². The van der Waals surface area contributed by atoms with Crippen LogP contribution in [0.4, 0.5) is 13.2 Å². The van der Waals surface area contributed by atoms with Crippen molar-refractivity contribution in [3.05, 3.63) is 59.7 Å². The van der Waals surface area contributed by atoms with Gasteiger partial charge < -0.3 is 9.47 Å². The van der Waals surface area contributed by atoms with Gasteiger partial charge in [-0.2, -0.15) is 13.2 Å². The first-order valence-corrected chi connectivity index (χ1v) is 16.9. The second-order valence-electron chi connectivity index (χ2n) is 15.1. The number of halogens is 3. The van der Waals surface area contributed by atoms with Gasteiger partial charge in [0.2, 0.25) is 0 Å². The number of methoxy groups -OCH3 is 1. The van der Waals surface area contributed by atoms with Gasteiger partial charge in [0.05, 0.1) is 6.61 Å². The highest BCUT2D eigenvalue weighted by molar-refractivity contribution is 5.82. The summed E-state index contributed by atoms with van der Waals surface area (Å²) in [5.41, 5.74) is -1.30. The summed E-state index contributed by atoms with van der Waals surface area (Å²) >= 11 is 0. The quantitative estimate of drug-likeness (QED) is 0.202. The standard InChI is InChI=1S/C38H51F3O4/c1-24(26(3)23-45-34(43)37(44-6,38(39,40)41)27-10-8-7-9-11-27)12-13-25(2)31-16-17-32-30-15-14-28-22-29(42)18-20-35(28,4)33(30)19-21-36(31,32)5/h7-13,15,24-26,28,31-33H,14,16-23H2,1-6H3/b13-12+/t24-,25+,26+,28-,31+,32-,33-,35-,36+,37+/m0/s1. The van der Waals surface area contributed by atoms with Gasteiger partial charge in [0.25, 0.3) is 5.60 Å². The van der Waals surface area contributed by atoms with Crippen LogP contribution in [0.15, 0.2) is 54.1 Å². The summed E-state index contributed by atoms with van der Waals surface area (Å²) in [4.78, 5) is 25.2. The van der Waals surface area contributed by atoms with E-state index >= 15 is 0 Å². The Kier molecular flexibility index (Phi) is 9.54. The van der Waals surface area contributed by atoms with Crippen molar-refractivity contribution in [2.75, 3.05) is 13.7 Å². The van der Waals surface area contributed by atoms with Crippen molar-refractivity contribution in [3.8, 4) is 0 Å². The van der Waals surface area contributed by atoms with Crippen LogP contribution in [0.2, 0.25) is 0 Å². The van der Waals surface area contributed by atoms with Gasteiger partial charge in [-0.25, -0.2) is 4.79 Å². The number of alkyl halides is 3. The van der Waals surface area contributed by atoms with Gasteiger partial charge >= 0.3 is 12.1 Å². The first-order chi connectivity index (χ1) is 21.2. The zero-order valence-electron chi connectivity index (χ0n) is 27.8. The van der Waals surface area contributed by atoms with Crippen molar-refractivity contribution >= 4 is 11.8 Å². The molecule has 0 N–H and O–H groups in total. The molecule has 0 aliphatic heterocycles. The van der Waals surface area contributed by atoms with Gasteiger partial charge in [-0.05, 0) is 90.8 Å². The topological polar surface area (TPSA) is 52.6 Å². The van der Waals surface area contributed by atoms with E-state index in [1.54, 1.807) is 11.6 Å². The molecule has 0 saturated heterocycles. The normalized spacial score (nSPS) is 35.0. The number of hydrogen-bond donors (Lipinski definition) is 0. The molecule has 248 valence electrons. The Morgan fingerprint density at radius 1 is 1.00 bits per heavy atom. The molecule has 5 rings (SSSR count). The van der Waals surface area contributed by atoms with Gasteiger partial charge in [0.1, 0.15) is 5.78 Å². The van der Waals surface area contributed by atoms with E-state index in [0.29, 0.717) is 35.4 Å². The van der Waals surface area contributed by atoms with Crippen molar-refractivity contribution in [1.29, 1.82) is 0 Å². The van der Waals surface area contributed by atoms with E-state index in [1.807, 2.05) is 13.8 Å². The molecule has 0 unspecified atom stereocenters. The highest BCUT2D eigenvalue weighted by Crippen LogP contribution is 2.66. The zero-order valence-corrected chi connectivity index (χ0v) is 27.8. The number of ketones is 1. The van der Waals surface area contributed by atoms with Crippen LogP contribution in [0, 0.1) is 52.3 Å².